The third kappa shape index (κ3) is 2.88. The SMILES string of the molecule is COCCn1c(N)c(C(=O)NC2CCCC2)c2nc3ccccc3nc21. The number of benzene rings is 1. The van der Waals surface area contributed by atoms with Crippen LogP contribution in [0, 0.1) is 0 Å². The summed E-state index contributed by atoms with van der Waals surface area (Å²) in [6.07, 6.45) is 4.34. The molecule has 0 radical (unpaired) electrons. The zero-order valence-corrected chi connectivity index (χ0v) is 14.9. The Morgan fingerprint density at radius 1 is 1.27 bits per heavy atom. The van der Waals surface area contributed by atoms with E-state index in [2.05, 4.69) is 5.32 Å². The minimum Gasteiger partial charge on any atom is -0.384 e. The van der Waals surface area contributed by atoms with Crippen molar-refractivity contribution in [1.82, 2.24) is 19.9 Å². The van der Waals surface area contributed by atoms with Gasteiger partial charge in [-0.1, -0.05) is 25.0 Å². The second-order valence-corrected chi connectivity index (χ2v) is 6.74. The smallest absolute Gasteiger partial charge is 0.257 e. The van der Waals surface area contributed by atoms with E-state index in [1.807, 2.05) is 28.8 Å². The van der Waals surface area contributed by atoms with Gasteiger partial charge >= 0.3 is 0 Å². The number of fused-ring (bicyclic) bond motifs is 2. The van der Waals surface area contributed by atoms with Crippen LogP contribution >= 0.6 is 0 Å². The second kappa shape index (κ2) is 6.92. The van der Waals surface area contributed by atoms with E-state index >= 15 is 0 Å². The fraction of sp³-hybridized carbons (Fsp3) is 0.421. The number of hydrogen-bond acceptors (Lipinski definition) is 5. The standard InChI is InChI=1S/C19H23N5O2/c1-26-11-10-24-17(20)15(19(25)21-12-6-2-3-7-12)16-18(24)23-14-9-5-4-8-13(14)22-16/h4-5,8-9,12H,2-3,6-7,10-11,20H2,1H3,(H,21,25). The summed E-state index contributed by atoms with van der Waals surface area (Å²) in [7, 11) is 1.64. The summed E-state index contributed by atoms with van der Waals surface area (Å²) in [6.45, 7) is 0.995. The fourth-order valence-corrected chi connectivity index (χ4v) is 3.68. The van der Waals surface area contributed by atoms with Gasteiger partial charge in [0.2, 0.25) is 0 Å². The van der Waals surface area contributed by atoms with Crippen LogP contribution in [0.1, 0.15) is 36.0 Å². The van der Waals surface area contributed by atoms with Crippen LogP contribution in [-0.4, -0.2) is 40.2 Å². The summed E-state index contributed by atoms with van der Waals surface area (Å²) in [4.78, 5) is 22.4. The van der Waals surface area contributed by atoms with Gasteiger partial charge < -0.3 is 20.4 Å². The average molecular weight is 353 g/mol. The molecule has 7 nitrogen and oxygen atoms in total. The van der Waals surface area contributed by atoms with Crippen LogP contribution < -0.4 is 11.1 Å². The lowest BCUT2D eigenvalue weighted by Gasteiger charge is -2.12. The number of aromatic nitrogens is 3. The highest BCUT2D eigenvalue weighted by molar-refractivity contribution is 6.10. The molecular weight excluding hydrogens is 330 g/mol. The Kier molecular flexibility index (Phi) is 4.46. The molecule has 0 bridgehead atoms. The molecule has 1 aromatic carbocycles. The van der Waals surface area contributed by atoms with Gasteiger partial charge in [0, 0.05) is 19.7 Å². The van der Waals surface area contributed by atoms with Crippen molar-refractivity contribution >= 4 is 33.9 Å². The number of nitrogens with zero attached hydrogens (tertiary/aromatic N) is 3. The molecule has 0 saturated heterocycles. The molecule has 2 aromatic heterocycles. The van der Waals surface area contributed by atoms with Crippen LogP contribution in [0.25, 0.3) is 22.2 Å². The predicted molar refractivity (Wildman–Crippen MR) is 101 cm³/mol. The number of ether oxygens (including phenoxy) is 1. The summed E-state index contributed by atoms with van der Waals surface area (Å²) in [5, 5.41) is 3.11. The van der Waals surface area contributed by atoms with Gasteiger partial charge in [0.25, 0.3) is 5.91 Å². The van der Waals surface area contributed by atoms with Crippen LogP contribution in [0.2, 0.25) is 0 Å². The van der Waals surface area contributed by atoms with Crippen molar-refractivity contribution in [1.29, 1.82) is 0 Å². The lowest BCUT2D eigenvalue weighted by Crippen LogP contribution is -2.33. The minimum absolute atomic E-state index is 0.167. The summed E-state index contributed by atoms with van der Waals surface area (Å²) < 4.78 is 7.01. The third-order valence-corrected chi connectivity index (χ3v) is 5.03. The molecule has 1 aliphatic carbocycles. The molecule has 2 heterocycles. The van der Waals surface area contributed by atoms with Crippen molar-refractivity contribution in [2.75, 3.05) is 19.5 Å². The van der Waals surface area contributed by atoms with Gasteiger partial charge in [0.1, 0.15) is 16.9 Å². The molecule has 3 N–H and O–H groups in total. The Bertz CT molecular complexity index is 959. The number of nitrogen functional groups attached to an aromatic ring is 1. The van der Waals surface area contributed by atoms with E-state index in [0.717, 1.165) is 36.7 Å². The number of carbonyl (C=O) groups is 1. The van der Waals surface area contributed by atoms with Gasteiger partial charge in [-0.05, 0) is 25.0 Å². The Morgan fingerprint density at radius 3 is 2.65 bits per heavy atom. The maximum absolute atomic E-state index is 13.0. The van der Waals surface area contributed by atoms with E-state index in [1.54, 1.807) is 7.11 Å². The van der Waals surface area contributed by atoms with E-state index in [-0.39, 0.29) is 11.9 Å². The van der Waals surface area contributed by atoms with Crippen LogP contribution in [0.4, 0.5) is 5.82 Å². The minimum atomic E-state index is -0.167. The van der Waals surface area contributed by atoms with Crippen LogP contribution in [0.5, 0.6) is 0 Å². The second-order valence-electron chi connectivity index (χ2n) is 6.74. The first-order valence-electron chi connectivity index (χ1n) is 9.03. The number of para-hydroxylation sites is 2. The summed E-state index contributed by atoms with van der Waals surface area (Å²) in [5.41, 5.74) is 9.47. The number of anilines is 1. The maximum Gasteiger partial charge on any atom is 0.257 e. The van der Waals surface area contributed by atoms with Crippen LogP contribution in [-0.2, 0) is 11.3 Å². The van der Waals surface area contributed by atoms with Crippen molar-refractivity contribution in [3.63, 3.8) is 0 Å². The van der Waals surface area contributed by atoms with E-state index in [1.165, 1.54) is 0 Å². The van der Waals surface area contributed by atoms with Gasteiger partial charge in [-0.15, -0.1) is 0 Å². The Hall–Kier alpha value is -2.67. The number of methoxy groups -OCH3 is 1. The number of amides is 1. The zero-order valence-electron chi connectivity index (χ0n) is 14.9. The van der Waals surface area contributed by atoms with Crippen LogP contribution in [0.15, 0.2) is 24.3 Å². The maximum atomic E-state index is 13.0. The fourth-order valence-electron chi connectivity index (χ4n) is 3.68. The molecular formula is C19H23N5O2. The summed E-state index contributed by atoms with van der Waals surface area (Å²) in [6, 6.07) is 7.84. The first kappa shape index (κ1) is 16.8. The van der Waals surface area contributed by atoms with Crippen molar-refractivity contribution < 1.29 is 9.53 Å². The monoisotopic (exact) mass is 353 g/mol. The van der Waals surface area contributed by atoms with E-state index in [4.69, 9.17) is 20.4 Å². The molecule has 136 valence electrons. The average Bonchev–Trinajstić information content (AvgIpc) is 3.23. The van der Waals surface area contributed by atoms with Crippen molar-refractivity contribution in [2.45, 2.75) is 38.3 Å². The van der Waals surface area contributed by atoms with E-state index in [9.17, 15) is 4.79 Å². The van der Waals surface area contributed by atoms with Gasteiger partial charge in [-0.3, -0.25) is 4.79 Å². The number of hydrogen-bond donors (Lipinski definition) is 2. The number of nitrogens with one attached hydrogen (secondary N) is 1. The molecule has 0 atom stereocenters. The molecule has 4 rings (SSSR count). The summed E-state index contributed by atoms with van der Waals surface area (Å²) >= 11 is 0. The van der Waals surface area contributed by atoms with Gasteiger partial charge in [0.15, 0.2) is 5.65 Å². The molecule has 26 heavy (non-hydrogen) atoms. The van der Waals surface area contributed by atoms with Crippen LogP contribution in [0.3, 0.4) is 0 Å². The Morgan fingerprint density at radius 2 is 1.96 bits per heavy atom. The molecule has 3 aromatic rings. The first-order chi connectivity index (χ1) is 12.7. The molecule has 1 fully saturated rings. The van der Waals surface area contributed by atoms with Gasteiger partial charge in [-0.25, -0.2) is 9.97 Å². The normalized spacial score (nSPS) is 15.1. The molecule has 0 aliphatic heterocycles. The Labute approximate surface area is 151 Å². The highest BCUT2D eigenvalue weighted by atomic mass is 16.5. The topological polar surface area (TPSA) is 95.1 Å². The molecule has 1 aliphatic rings. The quantitative estimate of drug-likeness (QED) is 0.735. The van der Waals surface area contributed by atoms with Crippen molar-refractivity contribution in [3.05, 3.63) is 29.8 Å². The van der Waals surface area contributed by atoms with E-state index < -0.39 is 0 Å². The van der Waals surface area contributed by atoms with Gasteiger partial charge in [0.05, 0.1) is 17.6 Å². The first-order valence-corrected chi connectivity index (χ1v) is 9.03. The third-order valence-electron chi connectivity index (χ3n) is 5.03. The summed E-state index contributed by atoms with van der Waals surface area (Å²) in [5.74, 6) is 0.225. The van der Waals surface area contributed by atoms with Gasteiger partial charge in [-0.2, -0.15) is 0 Å². The highest BCUT2D eigenvalue weighted by Gasteiger charge is 2.26. The lowest BCUT2D eigenvalue weighted by molar-refractivity contribution is 0.0940. The number of rotatable bonds is 5. The van der Waals surface area contributed by atoms with E-state index in [0.29, 0.717) is 35.7 Å². The molecule has 7 heteroatoms. The van der Waals surface area contributed by atoms with Crippen molar-refractivity contribution in [2.24, 2.45) is 0 Å². The largest absolute Gasteiger partial charge is 0.384 e. The Balaban J connectivity index is 1.85. The zero-order chi connectivity index (χ0) is 18.1. The molecule has 0 spiro atoms. The lowest BCUT2D eigenvalue weighted by atomic mass is 10.2. The number of carbonyl (C=O) groups excluding carboxylic acids is 1. The predicted octanol–water partition coefficient (Wildman–Crippen LogP) is 2.49. The number of nitrogens with two attached hydrogens (primary N) is 1. The molecule has 1 amide bonds. The molecule has 0 unspecified atom stereocenters. The highest BCUT2D eigenvalue weighted by Crippen LogP contribution is 2.28. The molecule has 1 saturated carbocycles. The van der Waals surface area contributed by atoms with Crippen molar-refractivity contribution in [3.8, 4) is 0 Å².